The summed E-state index contributed by atoms with van der Waals surface area (Å²) in [5.74, 6) is -0.842. The van der Waals surface area contributed by atoms with Gasteiger partial charge in [-0.25, -0.2) is 4.79 Å². The van der Waals surface area contributed by atoms with Crippen LogP contribution < -0.4 is 0 Å². The van der Waals surface area contributed by atoms with Crippen LogP contribution in [0.4, 0.5) is 0 Å². The first-order valence-electron chi connectivity index (χ1n) is 7.95. The summed E-state index contributed by atoms with van der Waals surface area (Å²) in [6, 6.07) is 10.8. The van der Waals surface area contributed by atoms with E-state index < -0.39 is 12.0 Å². The zero-order valence-electron chi connectivity index (χ0n) is 14.3. The van der Waals surface area contributed by atoms with Gasteiger partial charge in [-0.2, -0.15) is 0 Å². The van der Waals surface area contributed by atoms with Gasteiger partial charge in [0.2, 0.25) is 5.91 Å². The van der Waals surface area contributed by atoms with Gasteiger partial charge in [-0.15, -0.1) is 0 Å². The third kappa shape index (κ3) is 4.91. The van der Waals surface area contributed by atoms with Crippen molar-refractivity contribution in [1.29, 1.82) is 0 Å². The number of benzene rings is 2. The molecule has 0 aliphatic heterocycles. The minimum Gasteiger partial charge on any atom is -0.464 e. The van der Waals surface area contributed by atoms with Crippen LogP contribution in [-0.2, 0) is 20.7 Å². The van der Waals surface area contributed by atoms with Crippen molar-refractivity contribution in [2.75, 3.05) is 13.7 Å². The number of likely N-dealkylation sites (N-methyl/N-ethyl adjacent to an activating group) is 1. The summed E-state index contributed by atoms with van der Waals surface area (Å²) in [6.45, 7) is 1.90. The van der Waals surface area contributed by atoms with Crippen LogP contribution in [0.15, 0.2) is 42.5 Å². The van der Waals surface area contributed by atoms with Crippen molar-refractivity contribution in [3.63, 3.8) is 0 Å². The van der Waals surface area contributed by atoms with Crippen LogP contribution in [0.25, 0.3) is 0 Å². The summed E-state index contributed by atoms with van der Waals surface area (Å²) in [4.78, 5) is 26.6. The number of hydrogen-bond donors (Lipinski definition) is 0. The zero-order chi connectivity index (χ0) is 19.3. The highest BCUT2D eigenvalue weighted by Gasteiger charge is 2.31. The number of hydrogen-bond acceptors (Lipinski definition) is 3. The number of nitrogens with zero attached hydrogens (tertiary/aromatic N) is 1. The fourth-order valence-electron chi connectivity index (χ4n) is 2.51. The van der Waals surface area contributed by atoms with Gasteiger partial charge in [0.05, 0.1) is 13.0 Å². The van der Waals surface area contributed by atoms with Crippen molar-refractivity contribution in [2.45, 2.75) is 19.4 Å². The highest BCUT2D eigenvalue weighted by Crippen LogP contribution is 2.29. The molecule has 0 aliphatic carbocycles. The molecule has 1 amide bonds. The van der Waals surface area contributed by atoms with Crippen molar-refractivity contribution in [3.05, 3.63) is 68.7 Å². The van der Waals surface area contributed by atoms with Crippen molar-refractivity contribution in [3.8, 4) is 0 Å². The molecule has 0 N–H and O–H groups in total. The Hall–Kier alpha value is -1.75. The second-order valence-corrected chi connectivity index (χ2v) is 6.84. The lowest BCUT2D eigenvalue weighted by Gasteiger charge is -2.27. The van der Waals surface area contributed by atoms with Gasteiger partial charge >= 0.3 is 5.97 Å². The first-order chi connectivity index (χ1) is 12.3. The second kappa shape index (κ2) is 9.26. The lowest BCUT2D eigenvalue weighted by molar-refractivity contribution is -0.154. The summed E-state index contributed by atoms with van der Waals surface area (Å²) >= 11 is 18.3. The molecule has 138 valence electrons. The van der Waals surface area contributed by atoms with Gasteiger partial charge < -0.3 is 9.64 Å². The minimum atomic E-state index is -0.942. The number of rotatable bonds is 6. The summed E-state index contributed by atoms with van der Waals surface area (Å²) in [6.07, 6.45) is 0.0207. The molecule has 0 saturated carbocycles. The number of carbonyl (C=O) groups excluding carboxylic acids is 2. The second-order valence-electron chi connectivity index (χ2n) is 5.59. The van der Waals surface area contributed by atoms with Gasteiger partial charge in [0.1, 0.15) is 0 Å². The summed E-state index contributed by atoms with van der Waals surface area (Å²) < 4.78 is 5.14. The van der Waals surface area contributed by atoms with Crippen LogP contribution in [-0.4, -0.2) is 30.4 Å². The van der Waals surface area contributed by atoms with Gasteiger partial charge in [0, 0.05) is 27.7 Å². The van der Waals surface area contributed by atoms with Crippen molar-refractivity contribution in [1.82, 2.24) is 4.90 Å². The molecule has 1 unspecified atom stereocenters. The van der Waals surface area contributed by atoms with E-state index in [9.17, 15) is 9.59 Å². The molecule has 2 rings (SSSR count). The smallest absolute Gasteiger partial charge is 0.333 e. The maximum absolute atomic E-state index is 12.8. The van der Waals surface area contributed by atoms with Crippen molar-refractivity contribution < 1.29 is 14.3 Å². The Morgan fingerprint density at radius 2 is 1.77 bits per heavy atom. The summed E-state index contributed by atoms with van der Waals surface area (Å²) in [5, 5.41) is 1.26. The molecular formula is C19H18Cl3NO3. The van der Waals surface area contributed by atoms with Gasteiger partial charge in [-0.1, -0.05) is 59.1 Å². The molecule has 0 fully saturated rings. The molecule has 1 atom stereocenters. The van der Waals surface area contributed by atoms with Crippen LogP contribution in [0.2, 0.25) is 15.1 Å². The fourth-order valence-corrected chi connectivity index (χ4v) is 3.22. The number of amides is 1. The Kier molecular flexibility index (Phi) is 7.33. The third-order valence-corrected chi connectivity index (χ3v) is 4.78. The summed E-state index contributed by atoms with van der Waals surface area (Å²) in [5.41, 5.74) is 1.13. The SMILES string of the molecule is CCOC(=O)C(c1ccccc1Cl)N(C)C(=O)Cc1ccc(Cl)cc1Cl. The first-order valence-corrected chi connectivity index (χ1v) is 9.09. The number of halogens is 3. The van der Waals surface area contributed by atoms with Crippen LogP contribution >= 0.6 is 34.8 Å². The maximum Gasteiger partial charge on any atom is 0.333 e. The van der Waals surface area contributed by atoms with Crippen molar-refractivity contribution in [2.24, 2.45) is 0 Å². The predicted octanol–water partition coefficient (Wildman–Crippen LogP) is 4.95. The molecule has 4 nitrogen and oxygen atoms in total. The van der Waals surface area contributed by atoms with E-state index in [1.54, 1.807) is 49.4 Å². The Bertz CT molecular complexity index is 810. The number of esters is 1. The number of ether oxygens (including phenoxy) is 1. The largest absolute Gasteiger partial charge is 0.464 e. The van der Waals surface area contributed by atoms with E-state index in [0.29, 0.717) is 26.2 Å². The van der Waals surface area contributed by atoms with Crippen LogP contribution in [0, 0.1) is 0 Å². The average Bonchev–Trinajstić information content (AvgIpc) is 2.59. The average molecular weight is 415 g/mol. The molecule has 2 aromatic carbocycles. The van der Waals surface area contributed by atoms with E-state index in [4.69, 9.17) is 39.5 Å². The fraction of sp³-hybridized carbons (Fsp3) is 0.263. The third-order valence-electron chi connectivity index (χ3n) is 3.85. The van der Waals surface area contributed by atoms with E-state index in [0.717, 1.165) is 0 Å². The topological polar surface area (TPSA) is 46.6 Å². The first kappa shape index (κ1) is 20.6. The zero-order valence-corrected chi connectivity index (χ0v) is 16.6. The van der Waals surface area contributed by atoms with E-state index in [2.05, 4.69) is 0 Å². The Labute approximate surface area is 167 Å². The van der Waals surface area contributed by atoms with E-state index in [1.807, 2.05) is 0 Å². The monoisotopic (exact) mass is 413 g/mol. The van der Waals surface area contributed by atoms with Crippen LogP contribution in [0.1, 0.15) is 24.1 Å². The molecule has 0 radical (unpaired) electrons. The molecule has 0 saturated heterocycles. The van der Waals surface area contributed by atoms with Crippen molar-refractivity contribution >= 4 is 46.7 Å². The Morgan fingerprint density at radius 3 is 2.38 bits per heavy atom. The van der Waals surface area contributed by atoms with E-state index in [1.165, 1.54) is 11.9 Å². The standard InChI is InChI=1S/C19H18Cl3NO3/c1-3-26-19(25)18(14-6-4-5-7-15(14)21)23(2)17(24)10-12-8-9-13(20)11-16(12)22/h4-9,11,18H,3,10H2,1-2H3. The van der Waals surface area contributed by atoms with Gasteiger partial charge in [0.25, 0.3) is 0 Å². The molecule has 0 aromatic heterocycles. The molecular weight excluding hydrogens is 397 g/mol. The molecule has 7 heteroatoms. The van der Waals surface area contributed by atoms with Gasteiger partial charge in [0.15, 0.2) is 6.04 Å². The number of carbonyl (C=O) groups is 2. The molecule has 0 aliphatic rings. The molecule has 0 bridgehead atoms. The van der Waals surface area contributed by atoms with E-state index in [-0.39, 0.29) is 18.9 Å². The van der Waals surface area contributed by atoms with Crippen LogP contribution in [0.5, 0.6) is 0 Å². The highest BCUT2D eigenvalue weighted by molar-refractivity contribution is 6.35. The molecule has 0 heterocycles. The minimum absolute atomic E-state index is 0.0207. The maximum atomic E-state index is 12.8. The molecule has 26 heavy (non-hydrogen) atoms. The lowest BCUT2D eigenvalue weighted by atomic mass is 10.0. The molecule has 0 spiro atoms. The van der Waals surface area contributed by atoms with Crippen LogP contribution in [0.3, 0.4) is 0 Å². The Morgan fingerprint density at radius 1 is 1.08 bits per heavy atom. The van der Waals surface area contributed by atoms with Gasteiger partial charge in [-0.3, -0.25) is 4.79 Å². The van der Waals surface area contributed by atoms with Gasteiger partial charge in [-0.05, 0) is 30.7 Å². The summed E-state index contributed by atoms with van der Waals surface area (Å²) in [7, 11) is 1.54. The molecule has 2 aromatic rings. The predicted molar refractivity (Wildman–Crippen MR) is 104 cm³/mol. The Balaban J connectivity index is 2.30. The normalized spacial score (nSPS) is 11.7. The highest BCUT2D eigenvalue weighted by atomic mass is 35.5. The quantitative estimate of drug-likeness (QED) is 0.628. The van der Waals surface area contributed by atoms with E-state index >= 15 is 0 Å². The lowest BCUT2D eigenvalue weighted by Crippen LogP contribution is -2.38.